The average molecular weight is 929 g/mol. The van der Waals surface area contributed by atoms with E-state index >= 15 is 0 Å². The zero-order chi connectivity index (χ0) is 49.2. The predicted molar refractivity (Wildman–Crippen MR) is 267 cm³/mol. The van der Waals surface area contributed by atoms with E-state index in [9.17, 15) is 4.79 Å². The van der Waals surface area contributed by atoms with E-state index in [-0.39, 0.29) is 34.3 Å². The lowest BCUT2D eigenvalue weighted by molar-refractivity contribution is 0.102. The second-order valence-electron chi connectivity index (χ2n) is 19.0. The van der Waals surface area contributed by atoms with E-state index in [1.54, 1.807) is 58.2 Å². The van der Waals surface area contributed by atoms with Crippen molar-refractivity contribution in [3.05, 3.63) is 112 Å². The molecule has 362 valence electrons. The van der Waals surface area contributed by atoms with Crippen molar-refractivity contribution in [2.45, 2.75) is 111 Å². The summed E-state index contributed by atoms with van der Waals surface area (Å²) in [6.07, 6.45) is 6.10. The van der Waals surface area contributed by atoms with Crippen molar-refractivity contribution in [3.63, 3.8) is 0 Å². The van der Waals surface area contributed by atoms with Gasteiger partial charge >= 0.3 is 0 Å². The number of carbonyl (C=O) groups is 1. The molecule has 0 radical (unpaired) electrons. The van der Waals surface area contributed by atoms with Crippen LogP contribution in [0.3, 0.4) is 0 Å². The predicted octanol–water partition coefficient (Wildman–Crippen LogP) is 11.7. The number of nitrogens with two attached hydrogens (primary N) is 1. The number of hydrogen-bond donors (Lipinski definition) is 2. The summed E-state index contributed by atoms with van der Waals surface area (Å²) in [5, 5.41) is 20.5. The Morgan fingerprint density at radius 3 is 1.87 bits per heavy atom. The van der Waals surface area contributed by atoms with Crippen LogP contribution in [0.1, 0.15) is 126 Å². The molecule has 1 aromatic heterocycles. The molecule has 0 fully saturated rings. The minimum absolute atomic E-state index is 0.135. The molecule has 3 N–H and O–H groups in total. The Labute approximate surface area is 401 Å². The smallest absolute Gasteiger partial charge is 0.278 e. The van der Waals surface area contributed by atoms with Gasteiger partial charge in [0.05, 0.1) is 53.0 Å². The van der Waals surface area contributed by atoms with Crippen LogP contribution in [-0.4, -0.2) is 68.4 Å². The van der Waals surface area contributed by atoms with Gasteiger partial charge in [-0.25, -0.2) is 9.67 Å². The van der Waals surface area contributed by atoms with Gasteiger partial charge in [0.15, 0.2) is 11.5 Å². The minimum Gasteiger partial charge on any atom is -0.497 e. The highest BCUT2D eigenvalue weighted by Crippen LogP contribution is 2.41. The van der Waals surface area contributed by atoms with Crippen molar-refractivity contribution in [1.29, 1.82) is 0 Å². The van der Waals surface area contributed by atoms with Gasteiger partial charge in [-0.1, -0.05) is 72.4 Å². The number of carbonyl (C=O) groups excluding carboxylic acids is 1. The number of benzene rings is 4. The Morgan fingerprint density at radius 1 is 0.691 bits per heavy atom. The summed E-state index contributed by atoms with van der Waals surface area (Å²) in [5.74, 6) is 3.96. The molecule has 0 saturated heterocycles. The maximum atomic E-state index is 13.6. The Kier molecular flexibility index (Phi) is 16.5. The Morgan fingerprint density at radius 2 is 1.26 bits per heavy atom. The first-order valence-electron chi connectivity index (χ1n) is 23.1. The maximum Gasteiger partial charge on any atom is 0.278 e. The van der Waals surface area contributed by atoms with Gasteiger partial charge in [-0.2, -0.15) is 10.2 Å². The quantitative estimate of drug-likeness (QED) is 0.0409. The van der Waals surface area contributed by atoms with Crippen molar-refractivity contribution in [1.82, 2.24) is 15.0 Å². The highest BCUT2D eigenvalue weighted by Gasteiger charge is 2.28. The van der Waals surface area contributed by atoms with E-state index in [0.29, 0.717) is 70.4 Å². The summed E-state index contributed by atoms with van der Waals surface area (Å²) in [4.78, 5) is 18.4. The van der Waals surface area contributed by atoms with Crippen molar-refractivity contribution >= 4 is 23.1 Å². The fourth-order valence-corrected chi connectivity index (χ4v) is 7.77. The normalized spacial score (nSPS) is 14.0. The Balaban J connectivity index is 0.984. The largest absolute Gasteiger partial charge is 0.497 e. The average Bonchev–Trinajstić information content (AvgIpc) is 3.90. The Bertz CT molecular complexity index is 2660. The van der Waals surface area contributed by atoms with Gasteiger partial charge in [0.2, 0.25) is 0 Å². The third-order valence-corrected chi connectivity index (χ3v) is 11.9. The lowest BCUT2D eigenvalue weighted by atomic mass is 9.86. The number of rotatable bonds is 21. The van der Waals surface area contributed by atoms with Gasteiger partial charge in [0.25, 0.3) is 5.91 Å². The number of nitrogens with one attached hydrogen (secondary N) is 1. The third-order valence-electron chi connectivity index (χ3n) is 11.9. The highest BCUT2D eigenvalue weighted by molar-refractivity contribution is 6.03. The number of amides is 1. The molecule has 4 aromatic carbocycles. The van der Waals surface area contributed by atoms with Gasteiger partial charge in [-0.15, -0.1) is 5.10 Å². The van der Waals surface area contributed by atoms with E-state index in [1.165, 1.54) is 0 Å². The van der Waals surface area contributed by atoms with Crippen LogP contribution in [0.2, 0.25) is 0 Å². The summed E-state index contributed by atoms with van der Waals surface area (Å²) in [6, 6.07) is 22.6. The van der Waals surface area contributed by atoms with Crippen LogP contribution >= 0.6 is 0 Å². The number of aromatic nitrogens is 3. The monoisotopic (exact) mass is 929 g/mol. The van der Waals surface area contributed by atoms with Crippen molar-refractivity contribution in [2.24, 2.45) is 21.0 Å². The van der Waals surface area contributed by atoms with Crippen LogP contribution in [0.15, 0.2) is 99.3 Å². The molecule has 1 aliphatic heterocycles. The second-order valence-corrected chi connectivity index (χ2v) is 19.0. The first-order chi connectivity index (χ1) is 32.4. The van der Waals surface area contributed by atoms with Crippen LogP contribution in [0, 0.1) is 6.92 Å². The molecule has 6 rings (SSSR count). The number of methoxy groups -OCH3 is 4. The lowest BCUT2D eigenvalue weighted by Gasteiger charge is -2.21. The van der Waals surface area contributed by atoms with Gasteiger partial charge in [-0.05, 0) is 109 Å². The molecule has 0 aliphatic carbocycles. The number of amidine groups is 1. The molecule has 1 amide bonds. The first kappa shape index (κ1) is 50.5. The Hall–Kier alpha value is -6.90. The fourth-order valence-electron chi connectivity index (χ4n) is 7.77. The van der Waals surface area contributed by atoms with Crippen molar-refractivity contribution < 1.29 is 33.2 Å². The number of azo groups is 1. The van der Waals surface area contributed by atoms with E-state index in [4.69, 9.17) is 39.1 Å². The summed E-state index contributed by atoms with van der Waals surface area (Å²) < 4.78 is 36.2. The van der Waals surface area contributed by atoms with Gasteiger partial charge in [0.1, 0.15) is 51.9 Å². The van der Waals surface area contributed by atoms with Crippen LogP contribution < -0.4 is 39.5 Å². The van der Waals surface area contributed by atoms with Gasteiger partial charge in [0, 0.05) is 29.4 Å². The summed E-state index contributed by atoms with van der Waals surface area (Å²) in [6.45, 7) is 17.8. The zero-order valence-electron chi connectivity index (χ0n) is 41.8. The molecule has 0 spiro atoms. The maximum absolute atomic E-state index is 13.6. The van der Waals surface area contributed by atoms with E-state index in [1.807, 2.05) is 55.5 Å². The molecule has 1 aliphatic rings. The molecule has 2 heterocycles. The van der Waals surface area contributed by atoms with E-state index in [0.717, 1.165) is 66.5 Å². The fraction of sp³-hybridized carbons (Fsp3) is 0.434. The summed E-state index contributed by atoms with van der Waals surface area (Å²) >= 11 is 0. The van der Waals surface area contributed by atoms with Gasteiger partial charge < -0.3 is 39.5 Å². The van der Waals surface area contributed by atoms with Crippen LogP contribution in [0.25, 0.3) is 5.69 Å². The number of unbranched alkanes of at least 4 members (excludes halogenated alkanes) is 5. The highest BCUT2D eigenvalue weighted by atomic mass is 16.5. The number of ether oxygens (including phenoxy) is 6. The topological polar surface area (TPSA) is 178 Å². The van der Waals surface area contributed by atoms with Crippen LogP contribution in [-0.2, 0) is 10.8 Å². The standard InChI is InChI=1S/C53H68N8O7/c1-33-47(43-31-39(63-9)19-21-45(43)65-11)57-58-48(33)50(54)55-37-25-35(52(3,4)5)27-41(29-37)67-23-17-15-13-14-16-18-24-68-42-28-36(53(6,7)8)26-38(30-42)56-51(62)49-34(2)61(60-59-49)44-32-40(64-10)20-22-46(44)66-12/h19-22,25-32,47H,13-18,23-24H2,1-12H3,(H2,54,55)(H,56,62). The van der Waals surface area contributed by atoms with Crippen molar-refractivity contribution in [3.8, 4) is 40.2 Å². The van der Waals surface area contributed by atoms with E-state index in [2.05, 4.69) is 73.5 Å². The summed E-state index contributed by atoms with van der Waals surface area (Å²) in [5.41, 5.74) is 13.4. The number of aliphatic imine (C=N–C) groups is 1. The molecule has 5 aromatic rings. The molecule has 68 heavy (non-hydrogen) atoms. The molecule has 0 bridgehead atoms. The lowest BCUT2D eigenvalue weighted by Crippen LogP contribution is -2.16. The molecular weight excluding hydrogens is 861 g/mol. The molecular formula is C53H68N8O7. The minimum atomic E-state index is -0.376. The molecule has 1 unspecified atom stereocenters. The molecule has 15 heteroatoms. The molecule has 0 saturated carbocycles. The van der Waals surface area contributed by atoms with Crippen LogP contribution in [0.5, 0.6) is 34.5 Å². The van der Waals surface area contributed by atoms with Crippen LogP contribution in [0.4, 0.5) is 11.4 Å². The SMILES string of the molecule is COc1ccc(OC)c(C2N=NC(C(N)=Nc3cc(OCCCCCCCCOc4cc(NC(=O)c5nnn(-c6cc(OC)ccc6OC)c5C)cc(C(C)(C)C)c4)cc(C(C)(C)C)c3)=C2C)c1. The van der Waals surface area contributed by atoms with Gasteiger partial charge in [-0.3, -0.25) is 4.79 Å². The first-order valence-corrected chi connectivity index (χ1v) is 23.1. The zero-order valence-corrected chi connectivity index (χ0v) is 41.8. The van der Waals surface area contributed by atoms with Crippen molar-refractivity contribution in [2.75, 3.05) is 47.0 Å². The van der Waals surface area contributed by atoms with E-state index < -0.39 is 0 Å². The third kappa shape index (κ3) is 12.5. The number of anilines is 1. The number of hydrogen-bond acceptors (Lipinski definition) is 12. The second kappa shape index (κ2) is 22.3. The summed E-state index contributed by atoms with van der Waals surface area (Å²) in [7, 11) is 6.43. The number of nitrogens with zero attached hydrogens (tertiary/aromatic N) is 6. The molecule has 15 nitrogen and oxygen atoms in total. The molecule has 1 atom stereocenters.